The molecule has 3 nitrogen and oxygen atoms in total. The van der Waals surface area contributed by atoms with Crippen LogP contribution in [0.5, 0.6) is 0 Å². The van der Waals surface area contributed by atoms with Gasteiger partial charge in [-0.15, -0.1) is 0 Å². The minimum absolute atomic E-state index is 0.705. The zero-order valence-corrected chi connectivity index (χ0v) is 17.7. The summed E-state index contributed by atoms with van der Waals surface area (Å²) in [4.78, 5) is 4.73. The Morgan fingerprint density at radius 2 is 1.67 bits per heavy atom. The van der Waals surface area contributed by atoms with Crippen molar-refractivity contribution in [2.45, 2.75) is 25.9 Å². The second-order valence-corrected chi connectivity index (χ2v) is 13.1. The molecule has 3 aliphatic rings. The van der Waals surface area contributed by atoms with Crippen molar-refractivity contribution in [1.82, 2.24) is 0 Å². The van der Waals surface area contributed by atoms with Crippen LogP contribution in [-0.2, 0) is 12.8 Å². The topological polar surface area (TPSA) is 30.3 Å². The summed E-state index contributed by atoms with van der Waals surface area (Å²) in [6, 6.07) is 7.14. The van der Waals surface area contributed by atoms with E-state index in [9.17, 15) is 0 Å². The quantitative estimate of drug-likeness (QED) is 0.779. The van der Waals surface area contributed by atoms with Gasteiger partial charge in [-0.25, -0.2) is 0 Å². The van der Waals surface area contributed by atoms with Crippen molar-refractivity contribution in [3.05, 3.63) is 52.6 Å². The summed E-state index contributed by atoms with van der Waals surface area (Å²) < 4.78 is 0. The highest BCUT2D eigenvalue weighted by Crippen LogP contribution is 2.37. The third kappa shape index (κ3) is 2.05. The van der Waals surface area contributed by atoms with Crippen molar-refractivity contribution in [1.29, 1.82) is 5.41 Å². The summed E-state index contributed by atoms with van der Waals surface area (Å²) in [5.41, 5.74) is 9.74. The SMILES string of the molecule is C=Cc1c2c(cc3c1C(=N)c1cc4c(cc1[Si]3(C)C)N(C)CC4)N(C)CC2. The molecule has 0 unspecified atom stereocenters. The zero-order chi connectivity index (χ0) is 19.1. The van der Waals surface area contributed by atoms with Crippen LogP contribution in [0.3, 0.4) is 0 Å². The lowest BCUT2D eigenvalue weighted by Gasteiger charge is -2.36. The zero-order valence-electron chi connectivity index (χ0n) is 16.7. The van der Waals surface area contributed by atoms with Crippen LogP contribution in [0, 0.1) is 5.41 Å². The molecule has 4 heteroatoms. The van der Waals surface area contributed by atoms with Crippen molar-refractivity contribution in [2.24, 2.45) is 0 Å². The Labute approximate surface area is 162 Å². The first kappa shape index (κ1) is 16.8. The molecule has 0 atom stereocenters. The summed E-state index contributed by atoms with van der Waals surface area (Å²) in [5, 5.41) is 12.0. The van der Waals surface area contributed by atoms with Crippen molar-refractivity contribution < 1.29 is 0 Å². The largest absolute Gasteiger partial charge is 0.374 e. The fourth-order valence-electron chi connectivity index (χ4n) is 5.32. The van der Waals surface area contributed by atoms with Gasteiger partial charge < -0.3 is 9.80 Å². The minimum Gasteiger partial charge on any atom is -0.374 e. The van der Waals surface area contributed by atoms with Crippen molar-refractivity contribution >= 4 is 41.6 Å². The standard InChI is InChI=1S/C23H27N3Si/c1-6-15-16-8-10-26(3)19(16)13-21-22(15)23(24)17-11-14-7-9-25(2)18(14)12-20(17)27(21,4)5/h6,11-13,24H,1,7-10H2,2-5H3. The van der Waals surface area contributed by atoms with Gasteiger partial charge in [-0.3, -0.25) is 5.41 Å². The number of anilines is 2. The highest BCUT2D eigenvalue weighted by molar-refractivity contribution is 7.02. The molecule has 5 rings (SSSR count). The number of hydrogen-bond donors (Lipinski definition) is 1. The molecule has 2 aromatic rings. The monoisotopic (exact) mass is 373 g/mol. The van der Waals surface area contributed by atoms with Crippen LogP contribution in [0.4, 0.5) is 11.4 Å². The Morgan fingerprint density at radius 1 is 1.00 bits per heavy atom. The van der Waals surface area contributed by atoms with Crippen LogP contribution in [0.1, 0.15) is 27.8 Å². The van der Waals surface area contributed by atoms with E-state index in [1.807, 2.05) is 6.08 Å². The Bertz CT molecular complexity index is 1030. The van der Waals surface area contributed by atoms with E-state index >= 15 is 0 Å². The van der Waals surface area contributed by atoms with Crippen LogP contribution in [0.2, 0.25) is 13.1 Å². The Morgan fingerprint density at radius 3 is 2.41 bits per heavy atom. The Hall–Kier alpha value is -2.33. The van der Waals surface area contributed by atoms with Crippen molar-refractivity contribution in [2.75, 3.05) is 37.0 Å². The summed E-state index contributed by atoms with van der Waals surface area (Å²) >= 11 is 0. The first-order chi connectivity index (χ1) is 12.8. The Kier molecular flexibility index (Phi) is 3.33. The molecule has 2 aromatic carbocycles. The van der Waals surface area contributed by atoms with E-state index in [0.717, 1.165) is 31.5 Å². The van der Waals surface area contributed by atoms with Gasteiger partial charge in [-0.2, -0.15) is 0 Å². The van der Waals surface area contributed by atoms with E-state index in [4.69, 9.17) is 5.41 Å². The van der Waals surface area contributed by atoms with Gasteiger partial charge >= 0.3 is 0 Å². The van der Waals surface area contributed by atoms with Crippen LogP contribution in [0.25, 0.3) is 6.08 Å². The number of benzene rings is 2. The molecule has 0 fully saturated rings. The number of fused-ring (bicyclic) bond motifs is 4. The van der Waals surface area contributed by atoms with E-state index in [-0.39, 0.29) is 0 Å². The highest BCUT2D eigenvalue weighted by atomic mass is 28.3. The van der Waals surface area contributed by atoms with Crippen molar-refractivity contribution in [3.8, 4) is 0 Å². The van der Waals surface area contributed by atoms with Gasteiger partial charge in [0.1, 0.15) is 8.07 Å². The van der Waals surface area contributed by atoms with Crippen LogP contribution in [-0.4, -0.2) is 41.0 Å². The maximum atomic E-state index is 9.15. The lowest BCUT2D eigenvalue weighted by atomic mass is 9.91. The predicted octanol–water partition coefficient (Wildman–Crippen LogP) is 2.87. The summed E-state index contributed by atoms with van der Waals surface area (Å²) in [7, 11) is 2.46. The molecule has 0 aromatic heterocycles. The molecule has 0 aliphatic carbocycles. The van der Waals surface area contributed by atoms with E-state index in [1.54, 1.807) is 0 Å². The lowest BCUT2D eigenvalue weighted by molar-refractivity contribution is 0.955. The second-order valence-electron chi connectivity index (χ2n) is 8.78. The number of nitrogens with zero attached hydrogens (tertiary/aromatic N) is 2. The minimum atomic E-state index is -1.91. The first-order valence-corrected chi connectivity index (χ1v) is 12.9. The smallest absolute Gasteiger partial charge is 0.114 e. The summed E-state index contributed by atoms with van der Waals surface area (Å²) in [5.74, 6) is 0. The molecule has 3 heterocycles. The Balaban J connectivity index is 1.84. The molecule has 0 saturated carbocycles. The van der Waals surface area contributed by atoms with E-state index in [0.29, 0.717) is 5.71 Å². The number of nitrogens with one attached hydrogen (secondary N) is 1. The molecule has 0 radical (unpaired) electrons. The number of likely N-dealkylation sites (N-methyl/N-ethyl adjacent to an activating group) is 2. The van der Waals surface area contributed by atoms with E-state index in [1.165, 1.54) is 44.0 Å². The van der Waals surface area contributed by atoms with Crippen LogP contribution >= 0.6 is 0 Å². The number of rotatable bonds is 1. The average Bonchev–Trinajstić information content (AvgIpc) is 3.20. The molecule has 0 bridgehead atoms. The molecule has 3 aliphatic heterocycles. The van der Waals surface area contributed by atoms with E-state index in [2.05, 4.69) is 61.8 Å². The van der Waals surface area contributed by atoms with E-state index < -0.39 is 8.07 Å². The number of hydrogen-bond acceptors (Lipinski definition) is 3. The third-order valence-electron chi connectivity index (χ3n) is 6.98. The maximum absolute atomic E-state index is 9.15. The van der Waals surface area contributed by atoms with Crippen LogP contribution in [0.15, 0.2) is 24.8 Å². The second kappa shape index (κ2) is 5.35. The van der Waals surface area contributed by atoms with Crippen molar-refractivity contribution in [3.63, 3.8) is 0 Å². The molecular weight excluding hydrogens is 346 g/mol. The maximum Gasteiger partial charge on any atom is 0.114 e. The van der Waals surface area contributed by atoms with Gasteiger partial charge in [0, 0.05) is 49.7 Å². The fraction of sp³-hybridized carbons (Fsp3) is 0.348. The van der Waals surface area contributed by atoms with Gasteiger partial charge in [0.25, 0.3) is 0 Å². The lowest BCUT2D eigenvalue weighted by Crippen LogP contribution is -2.60. The third-order valence-corrected chi connectivity index (χ3v) is 10.5. The van der Waals surface area contributed by atoms with Crippen LogP contribution < -0.4 is 20.2 Å². The molecule has 27 heavy (non-hydrogen) atoms. The molecule has 138 valence electrons. The molecule has 0 amide bonds. The van der Waals surface area contributed by atoms with Gasteiger partial charge in [0.05, 0.1) is 5.71 Å². The van der Waals surface area contributed by atoms with Gasteiger partial charge in [0.15, 0.2) is 0 Å². The molecular formula is C23H27N3Si. The molecule has 0 saturated heterocycles. The molecule has 1 N–H and O–H groups in total. The van der Waals surface area contributed by atoms with Gasteiger partial charge in [0.2, 0.25) is 0 Å². The first-order valence-electron chi connectivity index (χ1n) is 9.86. The highest BCUT2D eigenvalue weighted by Gasteiger charge is 2.41. The molecule has 0 spiro atoms. The normalized spacial score (nSPS) is 18.9. The summed E-state index contributed by atoms with van der Waals surface area (Å²) in [6.45, 7) is 11.2. The summed E-state index contributed by atoms with van der Waals surface area (Å²) in [6.07, 6.45) is 4.14. The average molecular weight is 374 g/mol. The van der Waals surface area contributed by atoms with Gasteiger partial charge in [-0.05, 0) is 58.1 Å². The van der Waals surface area contributed by atoms with Gasteiger partial charge in [-0.1, -0.05) is 25.7 Å². The predicted molar refractivity (Wildman–Crippen MR) is 120 cm³/mol. The fourth-order valence-corrected chi connectivity index (χ4v) is 8.36.